The van der Waals surface area contributed by atoms with E-state index in [9.17, 15) is 0 Å². The fourth-order valence-electron chi connectivity index (χ4n) is 2.74. The second kappa shape index (κ2) is 7.13. The molecule has 2 aromatic rings. The Balaban J connectivity index is 1.84. The van der Waals surface area contributed by atoms with Crippen LogP contribution in [0.25, 0.3) is 0 Å². The first-order valence-electron chi connectivity index (χ1n) is 7.34. The normalized spacial score (nSPS) is 22.0. The van der Waals surface area contributed by atoms with Gasteiger partial charge in [0.05, 0.1) is 0 Å². The molecule has 2 nitrogen and oxygen atoms in total. The molecule has 110 valence electrons. The molecular weight excluding hydrogens is 327 g/mol. The van der Waals surface area contributed by atoms with E-state index in [1.54, 1.807) is 7.11 Å². The van der Waals surface area contributed by atoms with Gasteiger partial charge in [0.1, 0.15) is 0 Å². The summed E-state index contributed by atoms with van der Waals surface area (Å²) in [6, 6.07) is 19.0. The summed E-state index contributed by atoms with van der Waals surface area (Å²) in [5.41, 5.74) is 1.20. The van der Waals surface area contributed by atoms with Crippen molar-refractivity contribution in [3.8, 4) is 5.75 Å². The minimum atomic E-state index is 0.162. The van der Waals surface area contributed by atoms with Crippen LogP contribution >= 0.6 is 0 Å². The molecule has 0 saturated carbocycles. The van der Waals surface area contributed by atoms with Crippen LogP contribution in [0.4, 0.5) is 0 Å². The molecule has 0 radical (unpaired) electrons. The average Bonchev–Trinajstić information content (AvgIpc) is 2.56. The number of hydrogen-bond donors (Lipinski definition) is 0. The van der Waals surface area contributed by atoms with Crippen molar-refractivity contribution >= 4 is 19.4 Å². The summed E-state index contributed by atoms with van der Waals surface area (Å²) in [6.45, 7) is 0.851. The van der Waals surface area contributed by atoms with Gasteiger partial charge in [-0.15, -0.1) is 0 Å². The van der Waals surface area contributed by atoms with E-state index in [2.05, 4.69) is 42.5 Å². The summed E-state index contributed by atoms with van der Waals surface area (Å²) in [7, 11) is 1.74. The summed E-state index contributed by atoms with van der Waals surface area (Å²) in [5.74, 6) is 0.943. The van der Waals surface area contributed by atoms with Crippen molar-refractivity contribution in [2.24, 2.45) is 0 Å². The molecule has 1 aliphatic heterocycles. The first-order valence-corrected chi connectivity index (χ1v) is 9.19. The number of hydrogen-bond acceptors (Lipinski definition) is 2. The molecule has 1 aliphatic rings. The zero-order valence-electron chi connectivity index (χ0n) is 12.2. The molecule has 0 aliphatic carbocycles. The molecule has 0 unspecified atom stereocenters. The van der Waals surface area contributed by atoms with Gasteiger partial charge in [-0.25, -0.2) is 0 Å². The Bertz CT molecular complexity index is 570. The van der Waals surface area contributed by atoms with E-state index < -0.39 is 0 Å². The molecule has 1 saturated heterocycles. The van der Waals surface area contributed by atoms with Gasteiger partial charge < -0.3 is 0 Å². The molecule has 3 rings (SSSR count). The monoisotopic (exact) mass is 348 g/mol. The predicted molar refractivity (Wildman–Crippen MR) is 86.5 cm³/mol. The van der Waals surface area contributed by atoms with Gasteiger partial charge in [0.15, 0.2) is 0 Å². The molecule has 3 heteroatoms. The molecule has 21 heavy (non-hydrogen) atoms. The van der Waals surface area contributed by atoms with Crippen molar-refractivity contribution < 1.29 is 9.47 Å². The average molecular weight is 347 g/mol. The van der Waals surface area contributed by atoms with E-state index >= 15 is 0 Å². The van der Waals surface area contributed by atoms with Crippen molar-refractivity contribution in [2.45, 2.75) is 23.8 Å². The van der Waals surface area contributed by atoms with Crippen LogP contribution in [0.5, 0.6) is 5.75 Å². The van der Waals surface area contributed by atoms with Crippen LogP contribution in [0.2, 0.25) is 4.82 Å². The van der Waals surface area contributed by atoms with Crippen molar-refractivity contribution in [1.82, 2.24) is 0 Å². The van der Waals surface area contributed by atoms with E-state index in [1.165, 1.54) is 16.4 Å². The Labute approximate surface area is 132 Å². The van der Waals surface area contributed by atoms with E-state index in [1.807, 2.05) is 12.1 Å². The summed E-state index contributed by atoms with van der Waals surface area (Å²) < 4.78 is 13.1. The van der Waals surface area contributed by atoms with Crippen molar-refractivity contribution in [3.05, 3.63) is 60.2 Å². The van der Waals surface area contributed by atoms with Crippen LogP contribution in [-0.4, -0.2) is 28.7 Å². The van der Waals surface area contributed by atoms with Gasteiger partial charge >= 0.3 is 132 Å². The van der Waals surface area contributed by atoms with Crippen LogP contribution in [-0.2, 0) is 4.74 Å². The van der Waals surface area contributed by atoms with Crippen LogP contribution in [0.1, 0.15) is 24.5 Å². The van der Waals surface area contributed by atoms with Crippen LogP contribution < -0.4 is 9.20 Å². The quantitative estimate of drug-likeness (QED) is 0.790. The molecule has 0 amide bonds. The van der Waals surface area contributed by atoms with Gasteiger partial charge in [-0.3, -0.25) is 0 Å². The summed E-state index contributed by atoms with van der Waals surface area (Å²) in [4.78, 5) is 0.574. The Morgan fingerprint density at radius 2 is 1.81 bits per heavy atom. The third-order valence-corrected chi connectivity index (χ3v) is 6.53. The maximum atomic E-state index is 6.13. The SMILES string of the molecule is COc1ccccc1[C@@H]1OCCC[C@H]1[Se]c1ccccc1. The molecule has 0 aromatic heterocycles. The Morgan fingerprint density at radius 1 is 1.05 bits per heavy atom. The van der Waals surface area contributed by atoms with Gasteiger partial charge in [0.25, 0.3) is 0 Å². The number of benzene rings is 2. The third kappa shape index (κ3) is 3.49. The predicted octanol–water partition coefficient (Wildman–Crippen LogP) is 3.36. The molecular formula is C18H20O2Se. The molecule has 2 atom stereocenters. The van der Waals surface area contributed by atoms with E-state index in [-0.39, 0.29) is 6.10 Å². The summed E-state index contributed by atoms with van der Waals surface area (Å²) in [6.07, 6.45) is 2.55. The first kappa shape index (κ1) is 14.6. The first-order chi connectivity index (χ1) is 10.4. The Hall–Kier alpha value is -1.28. The summed E-state index contributed by atoms with van der Waals surface area (Å²) in [5, 5.41) is 0. The second-order valence-corrected chi connectivity index (χ2v) is 7.90. The van der Waals surface area contributed by atoms with Crippen molar-refractivity contribution in [3.63, 3.8) is 0 Å². The van der Waals surface area contributed by atoms with Crippen molar-refractivity contribution in [1.29, 1.82) is 0 Å². The Kier molecular flexibility index (Phi) is 4.97. The van der Waals surface area contributed by atoms with Crippen LogP contribution in [0.15, 0.2) is 54.6 Å². The Morgan fingerprint density at radius 3 is 2.62 bits per heavy atom. The van der Waals surface area contributed by atoms with Gasteiger partial charge in [0.2, 0.25) is 0 Å². The third-order valence-electron chi connectivity index (χ3n) is 3.74. The fraction of sp³-hybridized carbons (Fsp3) is 0.333. The van der Waals surface area contributed by atoms with E-state index in [0.717, 1.165) is 18.8 Å². The number of methoxy groups -OCH3 is 1. The number of ether oxygens (including phenoxy) is 2. The fourth-order valence-corrected chi connectivity index (χ4v) is 5.46. The van der Waals surface area contributed by atoms with Crippen LogP contribution in [0, 0.1) is 0 Å². The summed E-state index contributed by atoms with van der Waals surface area (Å²) >= 11 is 0.424. The van der Waals surface area contributed by atoms with Gasteiger partial charge in [-0.2, -0.15) is 0 Å². The molecule has 0 spiro atoms. The van der Waals surface area contributed by atoms with E-state index in [4.69, 9.17) is 9.47 Å². The zero-order chi connectivity index (χ0) is 14.5. The van der Waals surface area contributed by atoms with E-state index in [0.29, 0.717) is 19.8 Å². The standard InChI is InChI=1S/C18H20O2Se/c1-19-16-11-6-5-10-15(16)18-17(12-7-13-20-18)21-14-8-3-2-4-9-14/h2-6,8-11,17-18H,7,12-13H2,1H3/t17-,18+/m1/s1. The van der Waals surface area contributed by atoms with Crippen LogP contribution in [0.3, 0.4) is 0 Å². The molecule has 0 bridgehead atoms. The molecule has 2 aromatic carbocycles. The molecule has 0 N–H and O–H groups in total. The van der Waals surface area contributed by atoms with Gasteiger partial charge in [0, 0.05) is 0 Å². The van der Waals surface area contributed by atoms with Gasteiger partial charge in [-0.05, 0) is 0 Å². The molecule has 1 fully saturated rings. The minimum absolute atomic E-state index is 0.162. The maximum absolute atomic E-state index is 6.13. The topological polar surface area (TPSA) is 18.5 Å². The van der Waals surface area contributed by atoms with Crippen molar-refractivity contribution in [2.75, 3.05) is 13.7 Å². The second-order valence-electron chi connectivity index (χ2n) is 5.14. The number of para-hydroxylation sites is 1. The molecule has 1 heterocycles. The zero-order valence-corrected chi connectivity index (χ0v) is 13.9. The number of rotatable bonds is 4. The van der Waals surface area contributed by atoms with Gasteiger partial charge in [-0.1, -0.05) is 0 Å².